The number of nitrogens with zero attached hydrogens (tertiary/aromatic N) is 1. The van der Waals surface area contributed by atoms with E-state index in [9.17, 15) is 10.1 Å². The van der Waals surface area contributed by atoms with Crippen LogP contribution in [0, 0.1) is 10.1 Å². The summed E-state index contributed by atoms with van der Waals surface area (Å²) in [7, 11) is 0. The summed E-state index contributed by atoms with van der Waals surface area (Å²) in [5.41, 5.74) is 0. The van der Waals surface area contributed by atoms with Gasteiger partial charge in [0.2, 0.25) is 0 Å². The largest absolute Gasteiger partial charge is 0.284 e. The van der Waals surface area contributed by atoms with Gasteiger partial charge in [0.05, 0.1) is 4.83 Å². The van der Waals surface area contributed by atoms with Crippen LogP contribution in [0.1, 0.15) is 20.3 Å². The number of alkyl halides is 2. The van der Waals surface area contributed by atoms with E-state index in [1.54, 1.807) is 0 Å². The van der Waals surface area contributed by atoms with Gasteiger partial charge in [-0.2, -0.15) is 0 Å². The van der Waals surface area contributed by atoms with Crippen LogP contribution < -0.4 is 0 Å². The predicted octanol–water partition coefficient (Wildman–Crippen LogP) is 2.55. The van der Waals surface area contributed by atoms with Gasteiger partial charge in [0, 0.05) is 27.8 Å². The van der Waals surface area contributed by atoms with Gasteiger partial charge in [-0.05, 0) is 6.42 Å². The lowest BCUT2D eigenvalue weighted by Crippen LogP contribution is -2.36. The van der Waals surface area contributed by atoms with Gasteiger partial charge in [-0.3, -0.25) is 10.1 Å². The Morgan fingerprint density at radius 2 is 2.20 bits per heavy atom. The van der Waals surface area contributed by atoms with Crippen molar-refractivity contribution in [2.75, 3.05) is 0 Å². The van der Waals surface area contributed by atoms with Crippen molar-refractivity contribution in [3.63, 3.8) is 0 Å². The van der Waals surface area contributed by atoms with Gasteiger partial charge in [0.1, 0.15) is 0 Å². The minimum absolute atomic E-state index is 0.130. The van der Waals surface area contributed by atoms with Crippen molar-refractivity contribution in [2.24, 2.45) is 0 Å². The molecule has 0 aromatic heterocycles. The maximum Gasteiger partial charge on any atom is 0.284 e. The zero-order chi connectivity index (χ0) is 8.36. The van der Waals surface area contributed by atoms with Crippen LogP contribution in [-0.4, -0.2) is 14.2 Å². The van der Waals surface area contributed by atoms with E-state index in [4.69, 9.17) is 0 Å². The Bertz CT molecular complexity index is 138. The van der Waals surface area contributed by atoms with Crippen molar-refractivity contribution in [1.82, 2.24) is 0 Å². The summed E-state index contributed by atoms with van der Waals surface area (Å²) in [6.07, 6.45) is 0.725. The molecule has 0 aliphatic rings. The smallest absolute Gasteiger partial charge is 0.263 e. The Hall–Kier alpha value is 0.360. The van der Waals surface area contributed by atoms with Crippen LogP contribution in [0.3, 0.4) is 0 Å². The fraction of sp³-hybridized carbons (Fsp3) is 1.00. The van der Waals surface area contributed by atoms with Crippen molar-refractivity contribution in [3.05, 3.63) is 10.1 Å². The van der Waals surface area contributed by atoms with Crippen molar-refractivity contribution < 1.29 is 4.92 Å². The number of nitro groups is 1. The maximum atomic E-state index is 10.4. The Balaban J connectivity index is 4.23. The van der Waals surface area contributed by atoms with E-state index in [0.29, 0.717) is 0 Å². The molecule has 10 heavy (non-hydrogen) atoms. The number of rotatable bonds is 3. The van der Waals surface area contributed by atoms with E-state index in [1.165, 1.54) is 6.92 Å². The highest BCUT2D eigenvalue weighted by Crippen LogP contribution is 2.29. The molecule has 0 aromatic rings. The monoisotopic (exact) mass is 273 g/mol. The fourth-order valence-electron chi connectivity index (χ4n) is 0.487. The molecule has 0 spiro atoms. The van der Waals surface area contributed by atoms with Gasteiger partial charge in [-0.25, -0.2) is 0 Å². The highest BCUT2D eigenvalue weighted by atomic mass is 79.9. The normalized spacial score (nSPS) is 19.6. The molecule has 0 heterocycles. The Labute approximate surface area is 76.6 Å². The molecule has 2 atom stereocenters. The molecule has 5 heteroatoms. The second kappa shape index (κ2) is 3.67. The topological polar surface area (TPSA) is 43.1 Å². The minimum Gasteiger partial charge on any atom is -0.263 e. The van der Waals surface area contributed by atoms with Gasteiger partial charge in [-0.1, -0.05) is 22.9 Å². The third kappa shape index (κ3) is 2.20. The van der Waals surface area contributed by atoms with E-state index in [2.05, 4.69) is 31.9 Å². The lowest BCUT2D eigenvalue weighted by atomic mass is 10.2. The Kier molecular flexibility index (Phi) is 3.80. The Morgan fingerprint density at radius 1 is 1.80 bits per heavy atom. The first kappa shape index (κ1) is 10.4. The third-order valence-electron chi connectivity index (χ3n) is 1.29. The average Bonchev–Trinajstić information content (AvgIpc) is 1.86. The molecule has 0 saturated carbocycles. The zero-order valence-corrected chi connectivity index (χ0v) is 8.98. The quantitative estimate of drug-likeness (QED) is 0.344. The lowest BCUT2D eigenvalue weighted by molar-refractivity contribution is -0.529. The molecular weight excluding hydrogens is 266 g/mol. The van der Waals surface area contributed by atoms with Crippen LogP contribution in [0.2, 0.25) is 0 Å². The molecule has 0 aliphatic heterocycles. The molecule has 0 fully saturated rings. The standard InChI is InChI=1S/C5H9Br2NO2/c1-3-4(6)5(2,7)8(9)10/h4H,3H2,1-2H3. The lowest BCUT2D eigenvalue weighted by Gasteiger charge is -2.17. The molecule has 0 saturated heterocycles. The summed E-state index contributed by atoms with van der Waals surface area (Å²) in [6.45, 7) is 3.43. The molecule has 0 N–H and O–H groups in total. The van der Waals surface area contributed by atoms with E-state index < -0.39 is 4.45 Å². The first-order valence-electron chi connectivity index (χ1n) is 2.90. The van der Waals surface area contributed by atoms with Crippen LogP contribution in [0.25, 0.3) is 0 Å². The van der Waals surface area contributed by atoms with Crippen LogP contribution in [0.5, 0.6) is 0 Å². The summed E-state index contributed by atoms with van der Waals surface area (Å²) in [5.74, 6) is 0. The molecule has 0 rings (SSSR count). The van der Waals surface area contributed by atoms with Crippen molar-refractivity contribution >= 4 is 31.9 Å². The predicted molar refractivity (Wildman–Crippen MR) is 47.3 cm³/mol. The third-order valence-corrected chi connectivity index (χ3v) is 4.28. The van der Waals surface area contributed by atoms with Crippen LogP contribution in [0.15, 0.2) is 0 Å². The van der Waals surface area contributed by atoms with Gasteiger partial charge in [0.15, 0.2) is 0 Å². The van der Waals surface area contributed by atoms with Gasteiger partial charge in [0.25, 0.3) is 4.45 Å². The van der Waals surface area contributed by atoms with Crippen LogP contribution in [0.4, 0.5) is 0 Å². The molecule has 60 valence electrons. The number of halogens is 2. The summed E-state index contributed by atoms with van der Waals surface area (Å²) >= 11 is 6.24. The van der Waals surface area contributed by atoms with E-state index in [0.717, 1.165) is 6.42 Å². The summed E-state index contributed by atoms with van der Waals surface area (Å²) in [5, 5.41) is 10.4. The fourth-order valence-corrected chi connectivity index (χ4v) is 0.978. The maximum absolute atomic E-state index is 10.4. The second-order valence-electron chi connectivity index (χ2n) is 2.16. The summed E-state index contributed by atoms with van der Waals surface area (Å²) < 4.78 is -1.04. The zero-order valence-electron chi connectivity index (χ0n) is 5.80. The molecule has 0 amide bonds. The summed E-state index contributed by atoms with van der Waals surface area (Å²) in [6, 6.07) is 0. The molecule has 0 aromatic carbocycles. The van der Waals surface area contributed by atoms with E-state index in [1.807, 2.05) is 6.92 Å². The highest BCUT2D eigenvalue weighted by molar-refractivity contribution is 9.12. The molecule has 3 nitrogen and oxygen atoms in total. The van der Waals surface area contributed by atoms with Crippen LogP contribution in [-0.2, 0) is 0 Å². The van der Waals surface area contributed by atoms with Crippen LogP contribution >= 0.6 is 31.9 Å². The first-order chi connectivity index (χ1) is 4.42. The molecule has 0 aliphatic carbocycles. The van der Waals surface area contributed by atoms with Gasteiger partial charge >= 0.3 is 0 Å². The van der Waals surface area contributed by atoms with Crippen molar-refractivity contribution in [1.29, 1.82) is 0 Å². The minimum atomic E-state index is -1.04. The molecular formula is C5H9Br2NO2. The van der Waals surface area contributed by atoms with Gasteiger partial charge in [-0.15, -0.1) is 0 Å². The molecule has 2 unspecified atom stereocenters. The van der Waals surface area contributed by atoms with Gasteiger partial charge < -0.3 is 0 Å². The number of hydrogen-bond acceptors (Lipinski definition) is 2. The second-order valence-corrected chi connectivity index (χ2v) is 4.87. The highest BCUT2D eigenvalue weighted by Gasteiger charge is 2.40. The van der Waals surface area contributed by atoms with E-state index >= 15 is 0 Å². The van der Waals surface area contributed by atoms with E-state index in [-0.39, 0.29) is 9.75 Å². The summed E-state index contributed by atoms with van der Waals surface area (Å²) in [4.78, 5) is 9.88. The average molecular weight is 275 g/mol. The Morgan fingerprint density at radius 3 is 2.30 bits per heavy atom. The molecule has 0 bridgehead atoms. The SMILES string of the molecule is CCC(Br)C(C)(Br)[N+](=O)[O-]. The van der Waals surface area contributed by atoms with Crippen molar-refractivity contribution in [2.45, 2.75) is 29.5 Å². The number of hydrogen-bond donors (Lipinski definition) is 0. The first-order valence-corrected chi connectivity index (χ1v) is 4.61. The molecule has 0 radical (unpaired) electrons. The van der Waals surface area contributed by atoms with Crippen molar-refractivity contribution in [3.8, 4) is 0 Å².